The van der Waals surface area contributed by atoms with E-state index in [9.17, 15) is 4.79 Å². The fourth-order valence-electron chi connectivity index (χ4n) is 1.35. The highest BCUT2D eigenvalue weighted by Gasteiger charge is 2.39. The van der Waals surface area contributed by atoms with Gasteiger partial charge in [0.1, 0.15) is 5.75 Å². The van der Waals surface area contributed by atoms with Crippen molar-refractivity contribution in [1.82, 2.24) is 14.8 Å². The van der Waals surface area contributed by atoms with Crippen molar-refractivity contribution >= 4 is 25.9 Å². The summed E-state index contributed by atoms with van der Waals surface area (Å²) < 4.78 is 7.80. The summed E-state index contributed by atoms with van der Waals surface area (Å²) in [5.41, 5.74) is 0. The van der Waals surface area contributed by atoms with E-state index in [1.807, 2.05) is 6.20 Å². The summed E-state index contributed by atoms with van der Waals surface area (Å²) in [6.07, 6.45) is 5.84. The third kappa shape index (κ3) is 2.99. The Morgan fingerprint density at radius 1 is 1.35 bits per heavy atom. The van der Waals surface area contributed by atoms with Gasteiger partial charge in [0.2, 0.25) is 5.13 Å². The molecule has 0 unspecified atom stereocenters. The van der Waals surface area contributed by atoms with E-state index in [4.69, 9.17) is 4.43 Å². The molecule has 0 spiro atoms. The lowest BCUT2D eigenvalue weighted by Crippen LogP contribution is -2.43. The molecule has 0 aliphatic carbocycles. The minimum Gasteiger partial charge on any atom is -0.541 e. The largest absolute Gasteiger partial charge is 0.541 e. The fraction of sp³-hybridized carbons (Fsp3) is 0.462. The summed E-state index contributed by atoms with van der Waals surface area (Å²) in [5, 5.41) is 5.05. The zero-order valence-electron chi connectivity index (χ0n) is 12.4. The first kappa shape index (κ1) is 14.9. The van der Waals surface area contributed by atoms with Crippen molar-refractivity contribution in [1.29, 1.82) is 0 Å². The molecule has 0 aromatic carbocycles. The molecule has 0 saturated carbocycles. The predicted molar refractivity (Wildman–Crippen MR) is 82.4 cm³/mol. The molecule has 0 N–H and O–H groups in total. The number of rotatable bonds is 4. The van der Waals surface area contributed by atoms with Crippen LogP contribution < -0.4 is 4.43 Å². The SMILES string of the molecule is CC(C)(C)[Si](C)(C)Oc1cnn(-c2ncc(C=O)s2)c1. The van der Waals surface area contributed by atoms with E-state index in [0.717, 1.165) is 12.0 Å². The number of hydrogen-bond donors (Lipinski definition) is 0. The van der Waals surface area contributed by atoms with Gasteiger partial charge in [-0.2, -0.15) is 5.10 Å². The van der Waals surface area contributed by atoms with Crippen molar-refractivity contribution in [2.75, 3.05) is 0 Å². The Morgan fingerprint density at radius 3 is 2.60 bits per heavy atom. The van der Waals surface area contributed by atoms with Gasteiger partial charge in [-0.1, -0.05) is 32.1 Å². The van der Waals surface area contributed by atoms with Gasteiger partial charge in [-0.15, -0.1) is 0 Å². The lowest BCUT2D eigenvalue weighted by molar-refractivity contribution is 0.112. The van der Waals surface area contributed by atoms with Gasteiger partial charge < -0.3 is 4.43 Å². The Labute approximate surface area is 123 Å². The third-order valence-corrected chi connectivity index (χ3v) is 8.83. The maximum absolute atomic E-state index is 10.7. The monoisotopic (exact) mass is 309 g/mol. The first-order valence-corrected chi connectivity index (χ1v) is 10.1. The maximum Gasteiger partial charge on any atom is 0.250 e. The molecule has 0 fully saturated rings. The van der Waals surface area contributed by atoms with Crippen LogP contribution in [0.3, 0.4) is 0 Å². The molecule has 0 saturated heterocycles. The Morgan fingerprint density at radius 2 is 2.05 bits per heavy atom. The van der Waals surface area contributed by atoms with Crippen LogP contribution in [0.4, 0.5) is 0 Å². The van der Waals surface area contributed by atoms with Gasteiger partial charge in [0, 0.05) is 0 Å². The van der Waals surface area contributed by atoms with E-state index in [1.165, 1.54) is 11.3 Å². The fourth-order valence-corrected chi connectivity index (χ4v) is 3.01. The summed E-state index contributed by atoms with van der Waals surface area (Å²) in [7, 11) is -1.86. The lowest BCUT2D eigenvalue weighted by atomic mass is 10.2. The molecule has 20 heavy (non-hydrogen) atoms. The van der Waals surface area contributed by atoms with Crippen molar-refractivity contribution in [2.45, 2.75) is 38.9 Å². The summed E-state index contributed by atoms with van der Waals surface area (Å²) in [5.74, 6) is 0.749. The van der Waals surface area contributed by atoms with Crippen LogP contribution in [0.2, 0.25) is 18.1 Å². The van der Waals surface area contributed by atoms with E-state index in [2.05, 4.69) is 43.9 Å². The second-order valence-corrected chi connectivity index (χ2v) is 11.9. The first-order valence-electron chi connectivity index (χ1n) is 6.38. The van der Waals surface area contributed by atoms with Gasteiger partial charge in [-0.3, -0.25) is 4.79 Å². The van der Waals surface area contributed by atoms with Crippen LogP contribution in [0.1, 0.15) is 30.4 Å². The van der Waals surface area contributed by atoms with Crippen LogP contribution >= 0.6 is 11.3 Å². The summed E-state index contributed by atoms with van der Waals surface area (Å²) >= 11 is 1.30. The first-order chi connectivity index (χ1) is 9.23. The second kappa shape index (κ2) is 5.14. The number of thiazole rings is 1. The van der Waals surface area contributed by atoms with Gasteiger partial charge >= 0.3 is 0 Å². The molecule has 0 amide bonds. The molecular formula is C13H19N3O2SSi. The number of carbonyl (C=O) groups excluding carboxylic acids is 1. The topological polar surface area (TPSA) is 57.0 Å². The van der Waals surface area contributed by atoms with Gasteiger partial charge in [0.25, 0.3) is 8.32 Å². The van der Waals surface area contributed by atoms with Gasteiger partial charge in [-0.05, 0) is 18.1 Å². The second-order valence-electron chi connectivity index (χ2n) is 6.15. The predicted octanol–water partition coefficient (Wildman–Crippen LogP) is 3.53. The average Bonchev–Trinajstić information content (AvgIpc) is 2.94. The Kier molecular flexibility index (Phi) is 3.83. The van der Waals surface area contributed by atoms with Crippen molar-refractivity contribution in [3.63, 3.8) is 0 Å². The average molecular weight is 309 g/mol. The molecule has 7 heteroatoms. The summed E-state index contributed by atoms with van der Waals surface area (Å²) in [6.45, 7) is 11.0. The number of nitrogens with zero attached hydrogens (tertiary/aromatic N) is 3. The molecule has 2 rings (SSSR count). The van der Waals surface area contributed by atoms with Crippen molar-refractivity contribution < 1.29 is 9.22 Å². The highest BCUT2D eigenvalue weighted by molar-refractivity contribution is 7.15. The molecule has 0 aliphatic heterocycles. The van der Waals surface area contributed by atoms with Crippen molar-refractivity contribution in [3.05, 3.63) is 23.5 Å². The van der Waals surface area contributed by atoms with E-state index in [-0.39, 0.29) is 5.04 Å². The van der Waals surface area contributed by atoms with Crippen LogP contribution in [0, 0.1) is 0 Å². The molecule has 108 valence electrons. The van der Waals surface area contributed by atoms with Gasteiger partial charge in [-0.25, -0.2) is 9.67 Å². The molecule has 0 atom stereocenters. The van der Waals surface area contributed by atoms with Crippen molar-refractivity contribution in [3.8, 4) is 10.9 Å². The molecule has 0 bridgehead atoms. The van der Waals surface area contributed by atoms with E-state index >= 15 is 0 Å². The lowest BCUT2D eigenvalue weighted by Gasteiger charge is -2.35. The number of carbonyl (C=O) groups is 1. The van der Waals surface area contributed by atoms with Gasteiger partial charge in [0.15, 0.2) is 6.29 Å². The highest BCUT2D eigenvalue weighted by atomic mass is 32.1. The molecule has 5 nitrogen and oxygen atoms in total. The Hall–Kier alpha value is -1.47. The zero-order valence-corrected chi connectivity index (χ0v) is 14.2. The zero-order chi connectivity index (χ0) is 15.0. The molecule has 2 aromatic heterocycles. The van der Waals surface area contributed by atoms with E-state index in [0.29, 0.717) is 10.0 Å². The standard InChI is InChI=1S/C13H19N3O2SSi/c1-13(2,3)20(4,5)18-10-6-15-16(8-10)12-14-7-11(9-17)19-12/h6-9H,1-5H3. The number of aldehydes is 1. The third-order valence-electron chi connectivity index (χ3n) is 3.56. The van der Waals surface area contributed by atoms with Gasteiger partial charge in [0.05, 0.1) is 23.5 Å². The van der Waals surface area contributed by atoms with E-state index < -0.39 is 8.32 Å². The van der Waals surface area contributed by atoms with Crippen molar-refractivity contribution in [2.24, 2.45) is 0 Å². The summed E-state index contributed by atoms with van der Waals surface area (Å²) in [4.78, 5) is 15.4. The van der Waals surface area contributed by atoms with Crippen LogP contribution in [0.25, 0.3) is 5.13 Å². The summed E-state index contributed by atoms with van der Waals surface area (Å²) in [6, 6.07) is 0. The van der Waals surface area contributed by atoms with Crippen LogP contribution in [-0.4, -0.2) is 29.4 Å². The normalized spacial score (nSPS) is 12.4. The molecular weight excluding hydrogens is 290 g/mol. The highest BCUT2D eigenvalue weighted by Crippen LogP contribution is 2.37. The molecule has 2 heterocycles. The number of aromatic nitrogens is 3. The minimum absolute atomic E-state index is 0.140. The van der Waals surface area contributed by atoms with Crippen LogP contribution in [0.15, 0.2) is 18.6 Å². The Balaban J connectivity index is 2.19. The number of hydrogen-bond acceptors (Lipinski definition) is 5. The van der Waals surface area contributed by atoms with Crippen LogP contribution in [0.5, 0.6) is 5.75 Å². The molecule has 0 radical (unpaired) electrons. The minimum atomic E-state index is -1.86. The van der Waals surface area contributed by atoms with E-state index in [1.54, 1.807) is 17.1 Å². The maximum atomic E-state index is 10.7. The quantitative estimate of drug-likeness (QED) is 0.640. The molecule has 0 aliphatic rings. The smallest absolute Gasteiger partial charge is 0.250 e. The van der Waals surface area contributed by atoms with Crippen LogP contribution in [-0.2, 0) is 0 Å². The Bertz CT molecular complexity index is 613. The molecule has 2 aromatic rings.